The summed E-state index contributed by atoms with van der Waals surface area (Å²) in [5.74, 6) is 0.892. The fourth-order valence-corrected chi connectivity index (χ4v) is 2.83. The van der Waals surface area contributed by atoms with E-state index in [-0.39, 0.29) is 0 Å². The van der Waals surface area contributed by atoms with E-state index in [4.69, 9.17) is 17.3 Å². The van der Waals surface area contributed by atoms with E-state index in [2.05, 4.69) is 15.3 Å². The number of thioether (sulfide) groups is 1. The number of rotatable bonds is 1. The third-order valence-electron chi connectivity index (χ3n) is 3.21. The Balaban J connectivity index is 2.07. The van der Waals surface area contributed by atoms with Crippen LogP contribution in [0, 0.1) is 0 Å². The third-order valence-corrected chi connectivity index (χ3v) is 4.08. The molecule has 0 amide bonds. The van der Waals surface area contributed by atoms with Crippen LogP contribution in [-0.2, 0) is 0 Å². The van der Waals surface area contributed by atoms with Crippen molar-refractivity contribution in [2.75, 3.05) is 6.26 Å². The number of halogens is 1. The lowest BCUT2D eigenvalue weighted by Gasteiger charge is -2.24. The number of aliphatic imine (C=N–C) groups is 2. The van der Waals surface area contributed by atoms with Crippen LogP contribution in [0.25, 0.3) is 0 Å². The monoisotopic (exact) mass is 286 g/mol. The van der Waals surface area contributed by atoms with Crippen LogP contribution >= 0.6 is 23.4 Å². The van der Waals surface area contributed by atoms with Gasteiger partial charge in [0, 0.05) is 12.5 Å². The molecule has 1 aliphatic carbocycles. The van der Waals surface area contributed by atoms with Gasteiger partial charge in [-0.1, -0.05) is 42.6 Å². The normalized spacial score (nSPS) is 22.3. The average molecular weight is 287 g/mol. The molecule has 0 atom stereocenters. The van der Waals surface area contributed by atoms with E-state index in [0.29, 0.717) is 28.5 Å². The second kappa shape index (κ2) is 6.48. The standard InChI is InChI=1S/C12H19ClN4S/c1-18-12-16-10(7-9(14)11(13)17-12)15-8-5-3-2-4-6-8/h8H,2-7,14H2,1H3,(H,15,16,17). The van der Waals surface area contributed by atoms with Crippen LogP contribution in [0.5, 0.6) is 0 Å². The maximum Gasteiger partial charge on any atom is 0.190 e. The SMILES string of the molecule is CSC1=NC(Cl)=C(N)CC(NC2CCCCC2)=N1. The fraction of sp³-hybridized carbons (Fsp3) is 0.667. The van der Waals surface area contributed by atoms with E-state index >= 15 is 0 Å². The van der Waals surface area contributed by atoms with Gasteiger partial charge in [0.1, 0.15) is 5.84 Å². The van der Waals surface area contributed by atoms with E-state index in [1.165, 1.54) is 43.9 Å². The van der Waals surface area contributed by atoms with Gasteiger partial charge in [0.15, 0.2) is 10.3 Å². The minimum Gasteiger partial charge on any atom is -0.399 e. The lowest BCUT2D eigenvalue weighted by atomic mass is 9.95. The summed E-state index contributed by atoms with van der Waals surface area (Å²) in [4.78, 5) is 8.69. The highest BCUT2D eigenvalue weighted by molar-refractivity contribution is 8.13. The zero-order chi connectivity index (χ0) is 13.0. The predicted molar refractivity (Wildman–Crippen MR) is 80.1 cm³/mol. The minimum atomic E-state index is 0.364. The summed E-state index contributed by atoms with van der Waals surface area (Å²) in [6, 6.07) is 0.519. The van der Waals surface area contributed by atoms with Crippen molar-refractivity contribution in [1.82, 2.24) is 5.32 Å². The first-order valence-corrected chi connectivity index (χ1v) is 7.90. The van der Waals surface area contributed by atoms with Crippen molar-refractivity contribution in [2.24, 2.45) is 15.7 Å². The highest BCUT2D eigenvalue weighted by atomic mass is 35.5. The Labute approximate surface area is 117 Å². The Kier molecular flexibility index (Phi) is 4.95. The van der Waals surface area contributed by atoms with Crippen molar-refractivity contribution in [3.05, 3.63) is 10.9 Å². The Morgan fingerprint density at radius 3 is 2.67 bits per heavy atom. The molecule has 1 aliphatic heterocycles. The van der Waals surface area contributed by atoms with E-state index in [1.54, 1.807) is 0 Å². The second-order valence-corrected chi connectivity index (χ2v) is 5.76. The molecule has 0 radical (unpaired) electrons. The van der Waals surface area contributed by atoms with Crippen molar-refractivity contribution in [3.63, 3.8) is 0 Å². The van der Waals surface area contributed by atoms with Gasteiger partial charge in [-0.2, -0.15) is 0 Å². The molecule has 0 aromatic rings. The highest BCUT2D eigenvalue weighted by Gasteiger charge is 2.18. The molecule has 0 aromatic heterocycles. The van der Waals surface area contributed by atoms with Crippen LogP contribution in [-0.4, -0.2) is 23.3 Å². The molecule has 1 fully saturated rings. The summed E-state index contributed by atoms with van der Waals surface area (Å²) in [6.45, 7) is 0. The van der Waals surface area contributed by atoms with Gasteiger partial charge in [0.05, 0.1) is 5.70 Å². The van der Waals surface area contributed by atoms with Crippen LogP contribution < -0.4 is 11.1 Å². The summed E-state index contributed by atoms with van der Waals surface area (Å²) < 4.78 is 0. The summed E-state index contributed by atoms with van der Waals surface area (Å²) >= 11 is 7.48. The number of nitrogens with two attached hydrogens (primary N) is 1. The summed E-state index contributed by atoms with van der Waals surface area (Å²) in [7, 11) is 0. The molecule has 0 unspecified atom stereocenters. The molecule has 100 valence electrons. The van der Waals surface area contributed by atoms with Crippen molar-refractivity contribution in [2.45, 2.75) is 44.6 Å². The van der Waals surface area contributed by atoms with E-state index in [0.717, 1.165) is 5.84 Å². The molecule has 3 N–H and O–H groups in total. The first kappa shape index (κ1) is 13.7. The molecule has 4 nitrogen and oxygen atoms in total. The van der Waals surface area contributed by atoms with E-state index < -0.39 is 0 Å². The second-order valence-electron chi connectivity index (χ2n) is 4.63. The Hall–Kier alpha value is -0.680. The van der Waals surface area contributed by atoms with Crippen molar-refractivity contribution in [1.29, 1.82) is 0 Å². The zero-order valence-corrected chi connectivity index (χ0v) is 12.2. The molecular formula is C12H19ClN4S. The first-order valence-electron chi connectivity index (χ1n) is 6.30. The number of nitrogens with zero attached hydrogens (tertiary/aromatic N) is 2. The summed E-state index contributed by atoms with van der Waals surface area (Å²) in [6.07, 6.45) is 8.84. The van der Waals surface area contributed by atoms with Crippen LogP contribution in [0.2, 0.25) is 0 Å². The molecule has 6 heteroatoms. The van der Waals surface area contributed by atoms with Crippen LogP contribution in [0.3, 0.4) is 0 Å². The predicted octanol–water partition coefficient (Wildman–Crippen LogP) is 2.80. The molecule has 0 spiro atoms. The molecule has 2 aliphatic rings. The van der Waals surface area contributed by atoms with Gasteiger partial charge < -0.3 is 11.1 Å². The van der Waals surface area contributed by atoms with E-state index in [1.807, 2.05) is 6.26 Å². The van der Waals surface area contributed by atoms with Gasteiger partial charge in [0.25, 0.3) is 0 Å². The van der Waals surface area contributed by atoms with Crippen molar-refractivity contribution >= 4 is 34.4 Å². The van der Waals surface area contributed by atoms with Crippen molar-refractivity contribution < 1.29 is 0 Å². The maximum atomic E-state index is 6.01. The van der Waals surface area contributed by atoms with Crippen LogP contribution in [0.4, 0.5) is 0 Å². The van der Waals surface area contributed by atoms with Gasteiger partial charge in [-0.25, -0.2) is 9.98 Å². The quantitative estimate of drug-likeness (QED) is 0.729. The van der Waals surface area contributed by atoms with E-state index in [9.17, 15) is 0 Å². The lowest BCUT2D eigenvalue weighted by Crippen LogP contribution is -2.37. The fourth-order valence-electron chi connectivity index (χ4n) is 2.25. The van der Waals surface area contributed by atoms with Gasteiger partial charge in [-0.05, 0) is 19.1 Å². The molecular weight excluding hydrogens is 268 g/mol. The van der Waals surface area contributed by atoms with Gasteiger partial charge >= 0.3 is 0 Å². The van der Waals surface area contributed by atoms with Gasteiger partial charge in [-0.3, -0.25) is 0 Å². The number of nitrogens with one attached hydrogen (secondary N) is 1. The van der Waals surface area contributed by atoms with Crippen LogP contribution in [0.15, 0.2) is 20.8 Å². The molecule has 1 saturated carbocycles. The average Bonchev–Trinajstić information content (AvgIpc) is 2.50. The summed E-state index contributed by atoms with van der Waals surface area (Å²) in [5.41, 5.74) is 6.49. The summed E-state index contributed by atoms with van der Waals surface area (Å²) in [5, 5.41) is 4.53. The minimum absolute atomic E-state index is 0.364. The van der Waals surface area contributed by atoms with Gasteiger partial charge in [-0.15, -0.1) is 0 Å². The Bertz CT molecular complexity index is 397. The van der Waals surface area contributed by atoms with Crippen LogP contribution in [0.1, 0.15) is 38.5 Å². The maximum absolute atomic E-state index is 6.01. The third kappa shape index (κ3) is 3.65. The molecule has 0 bridgehead atoms. The molecule has 18 heavy (non-hydrogen) atoms. The Morgan fingerprint density at radius 1 is 1.28 bits per heavy atom. The first-order chi connectivity index (χ1) is 8.69. The largest absolute Gasteiger partial charge is 0.399 e. The highest BCUT2D eigenvalue weighted by Crippen LogP contribution is 2.20. The zero-order valence-electron chi connectivity index (χ0n) is 10.6. The molecule has 2 rings (SSSR count). The van der Waals surface area contributed by atoms with Crippen molar-refractivity contribution in [3.8, 4) is 0 Å². The molecule has 0 aromatic carbocycles. The number of hydrogen-bond acceptors (Lipinski definition) is 5. The number of amidine groups is 2. The molecule has 0 saturated heterocycles. The number of hydrogen-bond donors (Lipinski definition) is 2. The molecule has 1 heterocycles. The smallest absolute Gasteiger partial charge is 0.190 e. The topological polar surface area (TPSA) is 62.8 Å². The Morgan fingerprint density at radius 2 is 2.00 bits per heavy atom. The lowest BCUT2D eigenvalue weighted by molar-refractivity contribution is 0.412. The van der Waals surface area contributed by atoms with Gasteiger partial charge in [0.2, 0.25) is 0 Å².